The summed E-state index contributed by atoms with van der Waals surface area (Å²) in [5.41, 5.74) is 3.73. The number of benzene rings is 2. The van der Waals surface area contributed by atoms with Crippen molar-refractivity contribution >= 4 is 17.4 Å². The summed E-state index contributed by atoms with van der Waals surface area (Å²) < 4.78 is 12.9. The van der Waals surface area contributed by atoms with Gasteiger partial charge in [-0.2, -0.15) is 11.8 Å². The Morgan fingerprint density at radius 1 is 1.06 bits per heavy atom. The molecule has 1 N–H and O–H groups in total. The Balaban J connectivity index is 1.84. The summed E-state index contributed by atoms with van der Waals surface area (Å²) in [5.74, 6) is 1.94. The third-order valence-corrected chi connectivity index (χ3v) is 4.24. The molecule has 0 aliphatic carbocycles. The predicted molar refractivity (Wildman–Crippen MR) is 75.4 cm³/mol. The number of thioether (sulfide) groups is 1. The molecule has 2 aromatic carbocycles. The van der Waals surface area contributed by atoms with E-state index in [1.807, 2.05) is 11.8 Å². The van der Waals surface area contributed by atoms with Crippen molar-refractivity contribution in [3.63, 3.8) is 0 Å². The molecule has 1 unspecified atom stereocenters. The first-order valence-electron chi connectivity index (χ1n) is 6.00. The molecule has 0 radical (unpaired) electrons. The minimum absolute atomic E-state index is 0.195. The van der Waals surface area contributed by atoms with Crippen LogP contribution in [0.3, 0.4) is 0 Å². The van der Waals surface area contributed by atoms with E-state index < -0.39 is 0 Å². The van der Waals surface area contributed by atoms with E-state index in [1.54, 1.807) is 12.1 Å². The van der Waals surface area contributed by atoms with Crippen molar-refractivity contribution in [2.75, 3.05) is 11.1 Å². The summed E-state index contributed by atoms with van der Waals surface area (Å²) in [4.78, 5) is 0. The molecule has 1 aliphatic rings. The van der Waals surface area contributed by atoms with E-state index in [0.717, 1.165) is 17.2 Å². The molecule has 1 nitrogen and oxygen atoms in total. The molecular weight excluding hydrogens is 245 g/mol. The van der Waals surface area contributed by atoms with E-state index in [9.17, 15) is 4.39 Å². The molecule has 0 amide bonds. The average Bonchev–Trinajstić information content (AvgIpc) is 2.42. The molecule has 0 spiro atoms. The zero-order valence-corrected chi connectivity index (χ0v) is 10.7. The van der Waals surface area contributed by atoms with Gasteiger partial charge < -0.3 is 5.32 Å². The molecule has 18 heavy (non-hydrogen) atoms. The van der Waals surface area contributed by atoms with Gasteiger partial charge in [-0.1, -0.05) is 24.3 Å². The number of hydrogen-bond acceptors (Lipinski definition) is 2. The van der Waals surface area contributed by atoms with Crippen LogP contribution in [0.2, 0.25) is 0 Å². The fourth-order valence-electron chi connectivity index (χ4n) is 2.25. The van der Waals surface area contributed by atoms with Crippen LogP contribution in [0.15, 0.2) is 48.5 Å². The highest BCUT2D eigenvalue weighted by Gasteiger charge is 2.19. The summed E-state index contributed by atoms with van der Waals surface area (Å²) >= 11 is 1.93. The van der Waals surface area contributed by atoms with Crippen molar-refractivity contribution in [1.29, 1.82) is 0 Å². The molecule has 0 saturated heterocycles. The van der Waals surface area contributed by atoms with Crippen LogP contribution in [-0.4, -0.2) is 5.75 Å². The maximum atomic E-state index is 12.9. The maximum Gasteiger partial charge on any atom is 0.123 e. The molecule has 3 rings (SSSR count). The normalized spacial score (nSPS) is 18.2. The van der Waals surface area contributed by atoms with Crippen LogP contribution >= 0.6 is 11.8 Å². The van der Waals surface area contributed by atoms with Crippen molar-refractivity contribution in [3.05, 3.63) is 65.5 Å². The predicted octanol–water partition coefficient (Wildman–Crippen LogP) is 4.23. The van der Waals surface area contributed by atoms with Gasteiger partial charge in [-0.3, -0.25) is 0 Å². The molecule has 92 valence electrons. The Hall–Kier alpha value is -1.48. The van der Waals surface area contributed by atoms with Gasteiger partial charge in [-0.25, -0.2) is 4.39 Å². The second-order valence-corrected chi connectivity index (χ2v) is 5.45. The maximum absolute atomic E-state index is 12.9. The van der Waals surface area contributed by atoms with Crippen LogP contribution in [0.4, 0.5) is 10.1 Å². The van der Waals surface area contributed by atoms with Gasteiger partial charge in [0.25, 0.3) is 0 Å². The molecule has 0 aromatic heterocycles. The van der Waals surface area contributed by atoms with Crippen LogP contribution in [0.25, 0.3) is 0 Å². The molecule has 0 fully saturated rings. The minimum Gasteiger partial charge on any atom is -0.377 e. The van der Waals surface area contributed by atoms with Gasteiger partial charge in [-0.15, -0.1) is 0 Å². The van der Waals surface area contributed by atoms with E-state index in [1.165, 1.54) is 23.3 Å². The van der Waals surface area contributed by atoms with E-state index in [4.69, 9.17) is 0 Å². The number of hydrogen-bond donors (Lipinski definition) is 1. The first-order valence-corrected chi connectivity index (χ1v) is 7.16. The molecule has 3 heteroatoms. The van der Waals surface area contributed by atoms with Crippen LogP contribution in [0, 0.1) is 5.82 Å². The van der Waals surface area contributed by atoms with E-state index in [0.29, 0.717) is 6.04 Å². The van der Waals surface area contributed by atoms with Gasteiger partial charge in [0, 0.05) is 17.2 Å². The first-order chi connectivity index (χ1) is 8.83. The molecular formula is C15H14FNS. The summed E-state index contributed by atoms with van der Waals surface area (Å²) in [6.07, 6.45) is 0. The lowest BCUT2D eigenvalue weighted by atomic mass is 10.0. The highest BCUT2D eigenvalue weighted by Crippen LogP contribution is 2.33. The van der Waals surface area contributed by atoms with E-state index in [2.05, 4.69) is 29.6 Å². The van der Waals surface area contributed by atoms with Gasteiger partial charge >= 0.3 is 0 Å². The van der Waals surface area contributed by atoms with Crippen molar-refractivity contribution in [2.45, 2.75) is 11.8 Å². The van der Waals surface area contributed by atoms with Crippen molar-refractivity contribution < 1.29 is 4.39 Å². The fraction of sp³-hybridized carbons (Fsp3) is 0.200. The lowest BCUT2D eigenvalue weighted by Gasteiger charge is -2.26. The van der Waals surface area contributed by atoms with Crippen molar-refractivity contribution in [3.8, 4) is 0 Å². The van der Waals surface area contributed by atoms with Crippen LogP contribution in [0.5, 0.6) is 0 Å². The SMILES string of the molecule is Fc1ccc(NC2CSCc3ccccc32)cc1. The average molecular weight is 259 g/mol. The van der Waals surface area contributed by atoms with Gasteiger partial charge in [0.1, 0.15) is 5.82 Å². The third kappa shape index (κ3) is 2.36. The largest absolute Gasteiger partial charge is 0.377 e. The molecule has 1 aliphatic heterocycles. The fourth-order valence-corrected chi connectivity index (χ4v) is 3.35. The van der Waals surface area contributed by atoms with Crippen LogP contribution < -0.4 is 5.32 Å². The Morgan fingerprint density at radius 2 is 1.83 bits per heavy atom. The quantitative estimate of drug-likeness (QED) is 0.866. The third-order valence-electron chi connectivity index (χ3n) is 3.16. The highest BCUT2D eigenvalue weighted by molar-refractivity contribution is 7.98. The van der Waals surface area contributed by atoms with Crippen LogP contribution in [-0.2, 0) is 5.75 Å². The summed E-state index contributed by atoms with van der Waals surface area (Å²) in [6, 6.07) is 15.4. The Labute approximate surface area is 110 Å². The number of rotatable bonds is 2. The molecule has 2 aromatic rings. The van der Waals surface area contributed by atoms with Gasteiger partial charge in [0.05, 0.1) is 6.04 Å². The molecule has 0 bridgehead atoms. The van der Waals surface area contributed by atoms with E-state index >= 15 is 0 Å². The monoisotopic (exact) mass is 259 g/mol. The minimum atomic E-state index is -0.195. The van der Waals surface area contributed by atoms with Crippen molar-refractivity contribution in [2.24, 2.45) is 0 Å². The number of fused-ring (bicyclic) bond motifs is 1. The second-order valence-electron chi connectivity index (χ2n) is 4.42. The van der Waals surface area contributed by atoms with E-state index in [-0.39, 0.29) is 5.82 Å². The Kier molecular flexibility index (Phi) is 3.24. The first kappa shape index (κ1) is 11.6. The lowest BCUT2D eigenvalue weighted by molar-refractivity contribution is 0.628. The topological polar surface area (TPSA) is 12.0 Å². The zero-order valence-electron chi connectivity index (χ0n) is 9.90. The Bertz CT molecular complexity index is 538. The van der Waals surface area contributed by atoms with Gasteiger partial charge in [0.2, 0.25) is 0 Å². The molecule has 1 heterocycles. The van der Waals surface area contributed by atoms with Gasteiger partial charge in [0.15, 0.2) is 0 Å². The molecule has 0 saturated carbocycles. The summed E-state index contributed by atoms with van der Waals surface area (Å²) in [6.45, 7) is 0. The zero-order chi connectivity index (χ0) is 12.4. The van der Waals surface area contributed by atoms with Crippen LogP contribution in [0.1, 0.15) is 17.2 Å². The van der Waals surface area contributed by atoms with Gasteiger partial charge in [-0.05, 0) is 35.4 Å². The number of nitrogens with one attached hydrogen (secondary N) is 1. The lowest BCUT2D eigenvalue weighted by Crippen LogP contribution is -2.18. The standard InChI is InChI=1S/C15H14FNS/c16-12-5-7-13(8-6-12)17-15-10-18-9-11-3-1-2-4-14(11)15/h1-8,15,17H,9-10H2. The smallest absolute Gasteiger partial charge is 0.123 e. The van der Waals surface area contributed by atoms with Crippen molar-refractivity contribution in [1.82, 2.24) is 0 Å². The number of anilines is 1. The highest BCUT2D eigenvalue weighted by atomic mass is 32.2. The molecule has 1 atom stereocenters. The summed E-state index contributed by atoms with van der Waals surface area (Å²) in [5, 5.41) is 3.48. The number of halogens is 1. The summed E-state index contributed by atoms with van der Waals surface area (Å²) in [7, 11) is 0. The second kappa shape index (κ2) is 5.02. The Morgan fingerprint density at radius 3 is 2.67 bits per heavy atom.